The monoisotopic (exact) mass is 538 g/mol. The van der Waals surface area contributed by atoms with Crippen LogP contribution in [0.1, 0.15) is 50.3 Å². The number of halogens is 1. The lowest BCUT2D eigenvalue weighted by Gasteiger charge is -2.27. The summed E-state index contributed by atoms with van der Waals surface area (Å²) in [5.41, 5.74) is 9.50. The summed E-state index contributed by atoms with van der Waals surface area (Å²) in [7, 11) is 0. The highest BCUT2D eigenvalue weighted by molar-refractivity contribution is 6.30. The summed E-state index contributed by atoms with van der Waals surface area (Å²) in [5, 5.41) is 3.94. The minimum absolute atomic E-state index is 0.715. The number of allylic oxidation sites excluding steroid dienone is 4. The summed E-state index contributed by atoms with van der Waals surface area (Å²) >= 11 is 6.17. The average molecular weight is 539 g/mol. The largest absolute Gasteiger partial charge is 0.390 e. The Bertz CT molecular complexity index is 1380. The summed E-state index contributed by atoms with van der Waals surface area (Å²) in [6, 6.07) is 14.2. The van der Waals surface area contributed by atoms with Crippen molar-refractivity contribution in [3.05, 3.63) is 114 Å². The second-order valence-corrected chi connectivity index (χ2v) is 10.6. The molecule has 202 valence electrons. The third-order valence-electron chi connectivity index (χ3n) is 7.06. The predicted octanol–water partition coefficient (Wildman–Crippen LogP) is 8.52. The van der Waals surface area contributed by atoms with Crippen molar-refractivity contribution in [3.8, 4) is 11.3 Å². The molecule has 0 fully saturated rings. The van der Waals surface area contributed by atoms with Crippen LogP contribution in [0.25, 0.3) is 28.0 Å². The average Bonchev–Trinajstić information content (AvgIpc) is 3.46. The van der Waals surface area contributed by atoms with Gasteiger partial charge in [0.05, 0.1) is 22.4 Å². The summed E-state index contributed by atoms with van der Waals surface area (Å²) in [6.07, 6.45) is 14.4. The molecule has 0 radical (unpaired) electrons. The summed E-state index contributed by atoms with van der Waals surface area (Å²) in [4.78, 5) is 12.6. The first-order chi connectivity index (χ1) is 18.9. The van der Waals surface area contributed by atoms with E-state index in [1.165, 1.54) is 11.1 Å². The van der Waals surface area contributed by atoms with Crippen molar-refractivity contribution in [1.29, 1.82) is 0 Å². The molecule has 4 rings (SSSR count). The van der Waals surface area contributed by atoms with Crippen molar-refractivity contribution in [2.75, 3.05) is 19.6 Å². The van der Waals surface area contributed by atoms with Crippen LogP contribution in [0.3, 0.4) is 0 Å². The van der Waals surface area contributed by atoms with E-state index in [4.69, 9.17) is 21.6 Å². The number of aromatic nitrogens is 2. The lowest BCUT2D eigenvalue weighted by atomic mass is 10.0. The first-order valence-corrected chi connectivity index (χ1v) is 14.2. The smallest absolute Gasteiger partial charge is 0.0925 e. The fraction of sp³-hybridized carbons (Fsp3) is 0.294. The molecule has 0 saturated carbocycles. The number of rotatable bonds is 15. The molecule has 0 amide bonds. The maximum atomic E-state index is 6.17. The number of aryl methyl sites for hydroxylation is 1. The van der Waals surface area contributed by atoms with Gasteiger partial charge < -0.3 is 10.2 Å². The van der Waals surface area contributed by atoms with E-state index in [-0.39, 0.29) is 0 Å². The number of hydrogen-bond donors (Lipinski definition) is 1. The predicted molar refractivity (Wildman–Crippen MR) is 168 cm³/mol. The van der Waals surface area contributed by atoms with E-state index in [2.05, 4.69) is 73.3 Å². The molecule has 4 nitrogen and oxygen atoms in total. The van der Waals surface area contributed by atoms with Crippen LogP contribution in [-0.2, 0) is 6.42 Å². The molecule has 1 aliphatic carbocycles. The zero-order chi connectivity index (χ0) is 27.6. The Morgan fingerprint density at radius 1 is 1.03 bits per heavy atom. The molecule has 0 atom stereocenters. The lowest BCUT2D eigenvalue weighted by molar-refractivity contribution is 0.402. The molecule has 1 N–H and O–H groups in total. The normalized spacial score (nSPS) is 12.4. The summed E-state index contributed by atoms with van der Waals surface area (Å²) < 4.78 is 0. The van der Waals surface area contributed by atoms with Gasteiger partial charge in [-0.15, -0.1) is 6.58 Å². The molecular weight excluding hydrogens is 500 g/mol. The molecule has 5 heteroatoms. The van der Waals surface area contributed by atoms with Gasteiger partial charge in [0.2, 0.25) is 0 Å². The lowest BCUT2D eigenvalue weighted by Crippen LogP contribution is -2.30. The third-order valence-corrected chi connectivity index (χ3v) is 7.31. The molecule has 0 bridgehead atoms. The summed E-state index contributed by atoms with van der Waals surface area (Å²) in [6.45, 7) is 17.0. The Balaban J connectivity index is 1.62. The van der Waals surface area contributed by atoms with Crippen LogP contribution in [0.15, 0.2) is 97.8 Å². The molecular formula is C34H39ClN4. The Morgan fingerprint density at radius 3 is 2.56 bits per heavy atom. The maximum Gasteiger partial charge on any atom is 0.0925 e. The van der Waals surface area contributed by atoms with Crippen LogP contribution in [0.2, 0.25) is 5.02 Å². The standard InChI is InChI=1S/C34H39ClN4/c1-5-36-21-23-39(22-20-27-11-7-8-12-27)26(4)29-16-19-31-33(24-29)37-32(13-9-6-10-25(2)3)34(38-31)28-14-17-30(35)18-15-28/h5,7-8,11,14-19,24,36H,1-2,4,6,9-10,12-13,20-23H2,3H3. The number of nitrogens with one attached hydrogen (secondary N) is 1. The number of nitrogens with zero attached hydrogens (tertiary/aromatic N) is 3. The van der Waals surface area contributed by atoms with Crippen LogP contribution in [-0.4, -0.2) is 34.5 Å². The fourth-order valence-corrected chi connectivity index (χ4v) is 4.95. The molecule has 2 aromatic carbocycles. The van der Waals surface area contributed by atoms with Gasteiger partial charge in [-0.05, 0) is 81.5 Å². The van der Waals surface area contributed by atoms with Gasteiger partial charge in [0.25, 0.3) is 0 Å². The van der Waals surface area contributed by atoms with Crippen LogP contribution in [0, 0.1) is 0 Å². The van der Waals surface area contributed by atoms with Crippen molar-refractivity contribution in [1.82, 2.24) is 20.2 Å². The van der Waals surface area contributed by atoms with Crippen molar-refractivity contribution < 1.29 is 0 Å². The van der Waals surface area contributed by atoms with Gasteiger partial charge in [-0.25, -0.2) is 9.97 Å². The number of benzene rings is 2. The Hall–Kier alpha value is -3.63. The van der Waals surface area contributed by atoms with Crippen LogP contribution < -0.4 is 5.32 Å². The zero-order valence-electron chi connectivity index (χ0n) is 23.1. The minimum atomic E-state index is 0.715. The second kappa shape index (κ2) is 14.0. The van der Waals surface area contributed by atoms with Crippen molar-refractivity contribution in [3.63, 3.8) is 0 Å². The Labute approximate surface area is 238 Å². The Kier molecular flexibility index (Phi) is 10.2. The molecule has 1 aliphatic rings. The van der Waals surface area contributed by atoms with Gasteiger partial charge in [0.1, 0.15) is 0 Å². The number of unbranched alkanes of at least 4 members (excludes halogenated alkanes) is 1. The van der Waals surface area contributed by atoms with Gasteiger partial charge >= 0.3 is 0 Å². The quantitative estimate of drug-likeness (QED) is 0.155. The minimum Gasteiger partial charge on any atom is -0.390 e. The van der Waals surface area contributed by atoms with Crippen LogP contribution in [0.4, 0.5) is 0 Å². The van der Waals surface area contributed by atoms with E-state index < -0.39 is 0 Å². The zero-order valence-corrected chi connectivity index (χ0v) is 23.8. The molecule has 1 aromatic heterocycles. The van der Waals surface area contributed by atoms with Gasteiger partial charge in [0, 0.05) is 35.9 Å². The van der Waals surface area contributed by atoms with Crippen molar-refractivity contribution in [2.45, 2.75) is 45.4 Å². The second-order valence-electron chi connectivity index (χ2n) is 10.2. The SMILES string of the molecule is C=CNCCN(CCC1=CC=CC1)C(=C)c1ccc2nc(-c3ccc(Cl)cc3)c(CCCCC(=C)C)nc2c1. The van der Waals surface area contributed by atoms with E-state index in [0.717, 1.165) is 97.4 Å². The molecule has 0 spiro atoms. The van der Waals surface area contributed by atoms with E-state index in [0.29, 0.717) is 5.02 Å². The van der Waals surface area contributed by atoms with Gasteiger partial charge in [-0.3, -0.25) is 0 Å². The summed E-state index contributed by atoms with van der Waals surface area (Å²) in [5.74, 6) is 0. The highest BCUT2D eigenvalue weighted by Gasteiger charge is 2.15. The van der Waals surface area contributed by atoms with Gasteiger partial charge in [-0.1, -0.05) is 72.3 Å². The fourth-order valence-electron chi connectivity index (χ4n) is 4.82. The van der Waals surface area contributed by atoms with E-state index >= 15 is 0 Å². The topological polar surface area (TPSA) is 41.0 Å². The number of hydrogen-bond acceptors (Lipinski definition) is 4. The van der Waals surface area contributed by atoms with E-state index in [1.807, 2.05) is 24.3 Å². The maximum absolute atomic E-state index is 6.17. The molecule has 1 heterocycles. The first-order valence-electron chi connectivity index (χ1n) is 13.8. The molecule has 0 unspecified atom stereocenters. The first kappa shape index (κ1) is 28.4. The molecule has 0 aliphatic heterocycles. The highest BCUT2D eigenvalue weighted by atomic mass is 35.5. The van der Waals surface area contributed by atoms with E-state index in [1.54, 1.807) is 6.20 Å². The molecule has 0 saturated heterocycles. The van der Waals surface area contributed by atoms with Crippen molar-refractivity contribution >= 4 is 28.3 Å². The van der Waals surface area contributed by atoms with Gasteiger partial charge in [0.15, 0.2) is 0 Å². The van der Waals surface area contributed by atoms with Gasteiger partial charge in [-0.2, -0.15) is 0 Å². The molecule has 3 aromatic rings. The van der Waals surface area contributed by atoms with Crippen LogP contribution in [0.5, 0.6) is 0 Å². The van der Waals surface area contributed by atoms with E-state index in [9.17, 15) is 0 Å². The third kappa shape index (κ3) is 7.93. The highest BCUT2D eigenvalue weighted by Crippen LogP contribution is 2.29. The number of fused-ring (bicyclic) bond motifs is 1. The van der Waals surface area contributed by atoms with Crippen LogP contribution >= 0.6 is 11.6 Å². The van der Waals surface area contributed by atoms with Crippen molar-refractivity contribution in [2.24, 2.45) is 0 Å². The molecule has 39 heavy (non-hydrogen) atoms. The Morgan fingerprint density at radius 2 is 1.85 bits per heavy atom.